The van der Waals surface area contributed by atoms with E-state index in [4.69, 9.17) is 22.1 Å². The lowest BCUT2D eigenvalue weighted by Gasteiger charge is -2.16. The van der Waals surface area contributed by atoms with Crippen molar-refractivity contribution in [3.63, 3.8) is 0 Å². The van der Waals surface area contributed by atoms with E-state index in [0.717, 1.165) is 17.7 Å². The monoisotopic (exact) mass is 319 g/mol. The molecule has 4 heteroatoms. The molecular formula is C17H18ClNOS. The number of ether oxygens (including phenoxy) is 1. The topological polar surface area (TPSA) is 35.2 Å². The number of fused-ring (bicyclic) bond motifs is 1. The predicted molar refractivity (Wildman–Crippen MR) is 89.3 cm³/mol. The molecule has 0 aliphatic carbocycles. The summed E-state index contributed by atoms with van der Waals surface area (Å²) >= 11 is 7.92. The zero-order valence-corrected chi connectivity index (χ0v) is 13.5. The van der Waals surface area contributed by atoms with Crippen LogP contribution in [0.4, 0.5) is 0 Å². The Balaban J connectivity index is 1.67. The number of halogens is 1. The zero-order chi connectivity index (χ0) is 14.8. The summed E-state index contributed by atoms with van der Waals surface area (Å²) in [6, 6.07) is 14.1. The van der Waals surface area contributed by atoms with E-state index in [-0.39, 0.29) is 6.04 Å². The zero-order valence-electron chi connectivity index (χ0n) is 11.9. The van der Waals surface area contributed by atoms with Crippen molar-refractivity contribution in [3.05, 3.63) is 58.6 Å². The molecule has 1 unspecified atom stereocenters. The largest absolute Gasteiger partial charge is 0.492 e. The van der Waals surface area contributed by atoms with Gasteiger partial charge in [-0.25, -0.2) is 0 Å². The molecular weight excluding hydrogens is 302 g/mol. The molecule has 0 aromatic heterocycles. The Morgan fingerprint density at radius 1 is 1.33 bits per heavy atom. The first kappa shape index (κ1) is 14.8. The van der Waals surface area contributed by atoms with Crippen LogP contribution in [0.1, 0.15) is 24.1 Å². The average Bonchev–Trinajstić information content (AvgIpc) is 2.88. The van der Waals surface area contributed by atoms with Gasteiger partial charge in [0.1, 0.15) is 12.4 Å². The molecule has 3 rings (SSSR count). The van der Waals surface area contributed by atoms with E-state index in [1.807, 2.05) is 36.9 Å². The van der Waals surface area contributed by atoms with E-state index in [1.165, 1.54) is 10.5 Å². The second-order valence-electron chi connectivity index (χ2n) is 5.33. The molecule has 0 amide bonds. The van der Waals surface area contributed by atoms with E-state index in [9.17, 15) is 0 Å². The van der Waals surface area contributed by atoms with Crippen LogP contribution < -0.4 is 10.5 Å². The van der Waals surface area contributed by atoms with Gasteiger partial charge in [0, 0.05) is 26.8 Å². The van der Waals surface area contributed by atoms with Crippen LogP contribution >= 0.6 is 23.4 Å². The molecule has 2 atom stereocenters. The molecule has 110 valence electrons. The minimum atomic E-state index is -0.0906. The van der Waals surface area contributed by atoms with Gasteiger partial charge in [-0.2, -0.15) is 0 Å². The molecule has 1 aliphatic heterocycles. The third kappa shape index (κ3) is 3.37. The first-order valence-corrected chi connectivity index (χ1v) is 8.31. The molecule has 2 aromatic rings. The van der Waals surface area contributed by atoms with Gasteiger partial charge in [0.25, 0.3) is 0 Å². The summed E-state index contributed by atoms with van der Waals surface area (Å²) in [6.45, 7) is 2.62. The van der Waals surface area contributed by atoms with Gasteiger partial charge < -0.3 is 10.5 Å². The van der Waals surface area contributed by atoms with Crippen LogP contribution in [-0.2, 0) is 6.42 Å². The SMILES string of the molecule is C[C@H](N)c1cc(Cl)ccc1OCC1Cc2ccccc2S1. The number of rotatable bonds is 4. The second-order valence-corrected chi connectivity index (χ2v) is 7.11. The van der Waals surface area contributed by atoms with Gasteiger partial charge >= 0.3 is 0 Å². The van der Waals surface area contributed by atoms with Crippen molar-refractivity contribution in [3.8, 4) is 5.75 Å². The summed E-state index contributed by atoms with van der Waals surface area (Å²) in [6.07, 6.45) is 1.06. The van der Waals surface area contributed by atoms with Crippen molar-refractivity contribution in [2.75, 3.05) is 6.61 Å². The van der Waals surface area contributed by atoms with Gasteiger partial charge in [-0.3, -0.25) is 0 Å². The summed E-state index contributed by atoms with van der Waals surface area (Å²) in [4.78, 5) is 1.37. The fourth-order valence-corrected chi connectivity index (χ4v) is 3.93. The molecule has 21 heavy (non-hydrogen) atoms. The van der Waals surface area contributed by atoms with E-state index in [2.05, 4.69) is 24.3 Å². The van der Waals surface area contributed by atoms with Crippen molar-refractivity contribution >= 4 is 23.4 Å². The Bertz CT molecular complexity index is 619. The molecule has 0 radical (unpaired) electrons. The maximum atomic E-state index is 6.03. The first-order valence-electron chi connectivity index (χ1n) is 7.06. The van der Waals surface area contributed by atoms with Gasteiger partial charge in [-0.05, 0) is 43.2 Å². The molecule has 0 bridgehead atoms. The number of hydrogen-bond donors (Lipinski definition) is 1. The molecule has 2 nitrogen and oxygen atoms in total. The van der Waals surface area contributed by atoms with Gasteiger partial charge in [0.15, 0.2) is 0 Å². The lowest BCUT2D eigenvalue weighted by molar-refractivity contribution is 0.313. The second kappa shape index (κ2) is 6.30. The molecule has 0 fully saturated rings. The van der Waals surface area contributed by atoms with Gasteiger partial charge in [0.05, 0.1) is 0 Å². The predicted octanol–water partition coefficient (Wildman–Crippen LogP) is 4.46. The van der Waals surface area contributed by atoms with Crippen LogP contribution in [0.2, 0.25) is 5.02 Å². The first-order chi connectivity index (χ1) is 10.1. The van der Waals surface area contributed by atoms with E-state index >= 15 is 0 Å². The van der Waals surface area contributed by atoms with Crippen LogP contribution in [-0.4, -0.2) is 11.9 Å². The average molecular weight is 320 g/mol. The van der Waals surface area contributed by atoms with E-state index in [1.54, 1.807) is 0 Å². The number of hydrogen-bond acceptors (Lipinski definition) is 3. The van der Waals surface area contributed by atoms with Crippen LogP contribution in [0.3, 0.4) is 0 Å². The van der Waals surface area contributed by atoms with Crippen molar-refractivity contribution < 1.29 is 4.74 Å². The molecule has 1 heterocycles. The third-order valence-electron chi connectivity index (χ3n) is 3.60. The highest BCUT2D eigenvalue weighted by Crippen LogP contribution is 2.37. The van der Waals surface area contributed by atoms with Crippen molar-refractivity contribution in [2.24, 2.45) is 5.73 Å². The highest BCUT2D eigenvalue weighted by molar-refractivity contribution is 8.00. The number of thioether (sulfide) groups is 1. The van der Waals surface area contributed by atoms with Crippen LogP contribution in [0.25, 0.3) is 0 Å². The van der Waals surface area contributed by atoms with Crippen molar-refractivity contribution in [2.45, 2.75) is 29.5 Å². The van der Waals surface area contributed by atoms with Crippen molar-refractivity contribution in [1.29, 1.82) is 0 Å². The van der Waals surface area contributed by atoms with Crippen LogP contribution in [0, 0.1) is 0 Å². The highest BCUT2D eigenvalue weighted by Gasteiger charge is 2.22. The highest BCUT2D eigenvalue weighted by atomic mass is 35.5. The van der Waals surface area contributed by atoms with Gasteiger partial charge in [0.2, 0.25) is 0 Å². The molecule has 2 aromatic carbocycles. The summed E-state index contributed by atoms with van der Waals surface area (Å²) < 4.78 is 6.01. The van der Waals surface area contributed by atoms with E-state index in [0.29, 0.717) is 16.9 Å². The molecule has 0 saturated carbocycles. The standard InChI is InChI=1S/C17H18ClNOS/c1-11(19)15-9-13(18)6-7-16(15)20-10-14-8-12-4-2-3-5-17(12)21-14/h2-7,9,11,14H,8,10,19H2,1H3/t11-,14?/m0/s1. The molecule has 0 saturated heterocycles. The Morgan fingerprint density at radius 2 is 2.14 bits per heavy atom. The summed E-state index contributed by atoms with van der Waals surface area (Å²) in [7, 11) is 0. The van der Waals surface area contributed by atoms with Gasteiger partial charge in [-0.1, -0.05) is 29.8 Å². The third-order valence-corrected chi connectivity index (χ3v) is 5.12. The lowest BCUT2D eigenvalue weighted by atomic mass is 10.1. The fourth-order valence-electron chi connectivity index (χ4n) is 2.54. The van der Waals surface area contributed by atoms with Crippen LogP contribution in [0.15, 0.2) is 47.4 Å². The molecule has 2 N–H and O–H groups in total. The van der Waals surface area contributed by atoms with Crippen LogP contribution in [0.5, 0.6) is 5.75 Å². The van der Waals surface area contributed by atoms with Gasteiger partial charge in [-0.15, -0.1) is 11.8 Å². The molecule has 0 spiro atoms. The Morgan fingerprint density at radius 3 is 2.90 bits per heavy atom. The minimum Gasteiger partial charge on any atom is -0.492 e. The Kier molecular flexibility index (Phi) is 4.43. The number of nitrogens with two attached hydrogens (primary N) is 1. The normalized spacial score (nSPS) is 18.3. The summed E-state index contributed by atoms with van der Waals surface area (Å²) in [5.74, 6) is 0.839. The summed E-state index contributed by atoms with van der Waals surface area (Å²) in [5, 5.41) is 1.15. The maximum Gasteiger partial charge on any atom is 0.124 e. The smallest absolute Gasteiger partial charge is 0.124 e. The fraction of sp³-hybridized carbons (Fsp3) is 0.294. The number of benzene rings is 2. The quantitative estimate of drug-likeness (QED) is 0.904. The lowest BCUT2D eigenvalue weighted by Crippen LogP contribution is -2.15. The Hall–Kier alpha value is -1.16. The maximum absolute atomic E-state index is 6.03. The minimum absolute atomic E-state index is 0.0906. The van der Waals surface area contributed by atoms with Crippen molar-refractivity contribution in [1.82, 2.24) is 0 Å². The summed E-state index contributed by atoms with van der Waals surface area (Å²) in [5.41, 5.74) is 8.37. The van der Waals surface area contributed by atoms with E-state index < -0.39 is 0 Å². The molecule has 1 aliphatic rings. The Labute approximate surface area is 134 Å².